The van der Waals surface area contributed by atoms with Gasteiger partial charge in [-0.2, -0.15) is 0 Å². The third-order valence-corrected chi connectivity index (χ3v) is 4.45. The second-order valence-electron chi connectivity index (χ2n) is 6.09. The number of nitrogens with zero attached hydrogens (tertiary/aromatic N) is 1. The molecule has 2 aromatic rings. The summed E-state index contributed by atoms with van der Waals surface area (Å²) in [7, 11) is 2.62. The summed E-state index contributed by atoms with van der Waals surface area (Å²) < 4.78 is 9.99. The van der Waals surface area contributed by atoms with Gasteiger partial charge in [0.2, 0.25) is 0 Å². The Morgan fingerprint density at radius 1 is 0.889 bits per heavy atom. The topological polar surface area (TPSA) is 55.8 Å². The van der Waals surface area contributed by atoms with Crippen molar-refractivity contribution in [1.82, 2.24) is 4.90 Å². The first-order valence-corrected chi connectivity index (χ1v) is 8.60. The van der Waals surface area contributed by atoms with E-state index in [1.807, 2.05) is 72.9 Å². The van der Waals surface area contributed by atoms with Gasteiger partial charge in [-0.05, 0) is 11.1 Å². The van der Waals surface area contributed by atoms with Crippen LogP contribution < -0.4 is 0 Å². The number of esters is 2. The van der Waals surface area contributed by atoms with E-state index in [4.69, 9.17) is 9.47 Å². The van der Waals surface area contributed by atoms with Gasteiger partial charge < -0.3 is 14.4 Å². The number of benzene rings is 2. The van der Waals surface area contributed by atoms with Crippen LogP contribution in [0.5, 0.6) is 0 Å². The second kappa shape index (κ2) is 8.36. The minimum atomic E-state index is -0.573. The summed E-state index contributed by atoms with van der Waals surface area (Å²) in [5.74, 6) is -1.51. The highest BCUT2D eigenvalue weighted by Gasteiger charge is 2.35. The number of rotatable bonds is 5. The van der Waals surface area contributed by atoms with Crippen LogP contribution >= 0.6 is 0 Å². The summed E-state index contributed by atoms with van der Waals surface area (Å²) in [6.07, 6.45) is 3.72. The molecule has 2 aromatic carbocycles. The predicted octanol–water partition coefficient (Wildman–Crippen LogP) is 3.40. The minimum absolute atomic E-state index is 0.199. The van der Waals surface area contributed by atoms with E-state index in [1.165, 1.54) is 14.2 Å². The fourth-order valence-corrected chi connectivity index (χ4v) is 3.17. The molecule has 0 aromatic heterocycles. The zero-order valence-corrected chi connectivity index (χ0v) is 15.3. The molecule has 3 rings (SSSR count). The first-order valence-electron chi connectivity index (χ1n) is 8.60. The van der Waals surface area contributed by atoms with Crippen LogP contribution in [0.15, 0.2) is 84.2 Å². The van der Waals surface area contributed by atoms with Crippen LogP contribution in [0.4, 0.5) is 0 Å². The van der Waals surface area contributed by atoms with Gasteiger partial charge >= 0.3 is 11.9 Å². The molecule has 27 heavy (non-hydrogen) atoms. The first kappa shape index (κ1) is 18.5. The Kier molecular flexibility index (Phi) is 5.71. The Labute approximate surface area is 158 Å². The smallest absolute Gasteiger partial charge is 0.355 e. The Morgan fingerprint density at radius 2 is 1.48 bits per heavy atom. The summed E-state index contributed by atoms with van der Waals surface area (Å²) in [5.41, 5.74) is 2.37. The van der Waals surface area contributed by atoms with Crippen LogP contribution in [0.25, 0.3) is 0 Å². The Hall–Kier alpha value is -3.34. The molecular weight excluding hydrogens is 342 g/mol. The zero-order valence-electron chi connectivity index (χ0n) is 15.3. The maximum atomic E-state index is 12.6. The molecule has 0 unspecified atom stereocenters. The van der Waals surface area contributed by atoms with Gasteiger partial charge in [0.25, 0.3) is 0 Å². The summed E-state index contributed by atoms with van der Waals surface area (Å²) in [6, 6.07) is 19.2. The van der Waals surface area contributed by atoms with Crippen molar-refractivity contribution in [3.05, 3.63) is 95.3 Å². The fraction of sp³-hybridized carbons (Fsp3) is 0.182. The molecule has 0 bridgehead atoms. The predicted molar refractivity (Wildman–Crippen MR) is 101 cm³/mol. The molecule has 0 spiro atoms. The van der Waals surface area contributed by atoms with Crippen LogP contribution in [0, 0.1) is 0 Å². The second-order valence-corrected chi connectivity index (χ2v) is 6.09. The van der Waals surface area contributed by atoms with Crippen LogP contribution in [0.3, 0.4) is 0 Å². The van der Waals surface area contributed by atoms with Crippen LogP contribution in [-0.2, 0) is 25.6 Å². The van der Waals surface area contributed by atoms with E-state index in [2.05, 4.69) is 0 Å². The van der Waals surface area contributed by atoms with Gasteiger partial charge in [-0.3, -0.25) is 0 Å². The monoisotopic (exact) mass is 363 g/mol. The van der Waals surface area contributed by atoms with Crippen molar-refractivity contribution >= 4 is 11.9 Å². The zero-order chi connectivity index (χ0) is 19.2. The van der Waals surface area contributed by atoms with Gasteiger partial charge in [-0.15, -0.1) is 0 Å². The average molecular weight is 363 g/mol. The van der Waals surface area contributed by atoms with Gasteiger partial charge in [0.05, 0.1) is 19.8 Å². The van der Waals surface area contributed by atoms with E-state index < -0.39 is 11.9 Å². The highest BCUT2D eigenvalue weighted by molar-refractivity contribution is 6.02. The molecule has 0 saturated heterocycles. The van der Waals surface area contributed by atoms with Gasteiger partial charge in [0.1, 0.15) is 5.70 Å². The normalized spacial score (nSPS) is 16.2. The number of hydrogen-bond donors (Lipinski definition) is 0. The Balaban J connectivity index is 2.10. The van der Waals surface area contributed by atoms with Crippen molar-refractivity contribution in [3.63, 3.8) is 0 Å². The van der Waals surface area contributed by atoms with E-state index in [0.29, 0.717) is 6.54 Å². The highest BCUT2D eigenvalue weighted by atomic mass is 16.5. The molecule has 0 radical (unpaired) electrons. The van der Waals surface area contributed by atoms with Crippen LogP contribution in [0.1, 0.15) is 17.0 Å². The molecule has 1 aliphatic heterocycles. The molecule has 138 valence electrons. The van der Waals surface area contributed by atoms with Crippen molar-refractivity contribution in [2.24, 2.45) is 0 Å². The average Bonchev–Trinajstić information content (AvgIpc) is 2.73. The maximum absolute atomic E-state index is 12.6. The summed E-state index contributed by atoms with van der Waals surface area (Å²) in [5, 5.41) is 0. The number of ether oxygens (including phenoxy) is 2. The van der Waals surface area contributed by atoms with Gasteiger partial charge in [0, 0.05) is 18.7 Å². The Bertz CT molecular complexity index is 872. The molecule has 5 nitrogen and oxygen atoms in total. The quantitative estimate of drug-likeness (QED) is 0.762. The lowest BCUT2D eigenvalue weighted by Crippen LogP contribution is -2.32. The number of methoxy groups -OCH3 is 2. The molecule has 1 heterocycles. The number of hydrogen-bond acceptors (Lipinski definition) is 5. The summed E-state index contributed by atoms with van der Waals surface area (Å²) in [6.45, 7) is 0.434. The maximum Gasteiger partial charge on any atom is 0.355 e. The molecule has 1 atom stereocenters. The lowest BCUT2D eigenvalue weighted by molar-refractivity contribution is -0.140. The molecule has 5 heteroatoms. The van der Waals surface area contributed by atoms with E-state index in [0.717, 1.165) is 11.1 Å². The first-order chi connectivity index (χ1) is 13.2. The summed E-state index contributed by atoms with van der Waals surface area (Å²) >= 11 is 0. The number of carbonyl (C=O) groups excluding carboxylic acids is 2. The Morgan fingerprint density at radius 3 is 2.07 bits per heavy atom. The van der Waals surface area contributed by atoms with Gasteiger partial charge in [0.15, 0.2) is 0 Å². The van der Waals surface area contributed by atoms with Crippen molar-refractivity contribution in [2.75, 3.05) is 14.2 Å². The number of allylic oxidation sites excluding steroid dienone is 1. The standard InChI is InChI=1S/C22H21NO4/c1-26-21(24)19-18(17-11-7-4-8-12-17)13-14-23(20(19)22(25)27-2)15-16-9-5-3-6-10-16/h3-14,18H,15H2,1-2H3/t18-/m1/s1. The lowest BCUT2D eigenvalue weighted by atomic mass is 9.87. The molecule has 0 saturated carbocycles. The highest BCUT2D eigenvalue weighted by Crippen LogP contribution is 2.35. The minimum Gasteiger partial charge on any atom is -0.466 e. The fourth-order valence-electron chi connectivity index (χ4n) is 3.17. The van der Waals surface area contributed by atoms with Crippen molar-refractivity contribution in [3.8, 4) is 0 Å². The van der Waals surface area contributed by atoms with E-state index >= 15 is 0 Å². The molecule has 0 amide bonds. The van der Waals surface area contributed by atoms with Gasteiger partial charge in [-0.1, -0.05) is 66.7 Å². The molecule has 1 aliphatic rings. The largest absolute Gasteiger partial charge is 0.466 e. The van der Waals surface area contributed by atoms with Crippen LogP contribution in [-0.4, -0.2) is 31.1 Å². The molecule has 0 N–H and O–H groups in total. The summed E-state index contributed by atoms with van der Waals surface area (Å²) in [4.78, 5) is 27.0. The van der Waals surface area contributed by atoms with Crippen molar-refractivity contribution < 1.29 is 19.1 Å². The van der Waals surface area contributed by atoms with Crippen LogP contribution in [0.2, 0.25) is 0 Å². The third kappa shape index (κ3) is 3.92. The van der Waals surface area contributed by atoms with E-state index in [1.54, 1.807) is 4.90 Å². The van der Waals surface area contributed by atoms with Gasteiger partial charge in [-0.25, -0.2) is 9.59 Å². The molecular formula is C22H21NO4. The third-order valence-electron chi connectivity index (χ3n) is 4.45. The molecule has 0 fully saturated rings. The lowest BCUT2D eigenvalue weighted by Gasteiger charge is -2.31. The van der Waals surface area contributed by atoms with Crippen molar-refractivity contribution in [2.45, 2.75) is 12.5 Å². The number of carbonyl (C=O) groups is 2. The van der Waals surface area contributed by atoms with Crippen molar-refractivity contribution in [1.29, 1.82) is 0 Å². The van der Waals surface area contributed by atoms with E-state index in [9.17, 15) is 9.59 Å². The van der Waals surface area contributed by atoms with E-state index in [-0.39, 0.29) is 17.2 Å². The molecule has 0 aliphatic carbocycles. The SMILES string of the molecule is COC(=O)C1=C(C(=O)OC)N(Cc2ccccc2)C=C[C@@H]1c1ccccc1.